The van der Waals surface area contributed by atoms with Gasteiger partial charge in [0.05, 0.1) is 6.61 Å². The highest BCUT2D eigenvalue weighted by Gasteiger charge is 2.06. The molecule has 0 aromatic heterocycles. The Morgan fingerprint density at radius 3 is 2.07 bits per heavy atom. The lowest BCUT2D eigenvalue weighted by Gasteiger charge is -2.09. The molecule has 0 saturated heterocycles. The first-order valence-electron chi connectivity index (χ1n) is 9.67. The minimum atomic E-state index is 0.0993. The Labute approximate surface area is 176 Å². The van der Waals surface area contributed by atoms with Crippen molar-refractivity contribution in [2.75, 3.05) is 18.5 Å². The van der Waals surface area contributed by atoms with Gasteiger partial charge in [-0.15, -0.1) is 0 Å². The van der Waals surface area contributed by atoms with Crippen molar-refractivity contribution in [2.45, 2.75) is 19.8 Å². The Bertz CT molecular complexity index is 906. The van der Waals surface area contributed by atoms with Crippen LogP contribution in [-0.4, -0.2) is 18.9 Å². The number of benzene rings is 3. The summed E-state index contributed by atoms with van der Waals surface area (Å²) in [5.74, 6) is 2.36. The van der Waals surface area contributed by atoms with Gasteiger partial charge in [0.25, 0.3) is 0 Å². The number of rotatable bonds is 10. The van der Waals surface area contributed by atoms with Gasteiger partial charge in [-0.25, -0.2) is 0 Å². The van der Waals surface area contributed by atoms with Crippen LogP contribution in [0.4, 0.5) is 5.69 Å². The summed E-state index contributed by atoms with van der Waals surface area (Å²) in [6.45, 7) is 3.30. The zero-order chi connectivity index (χ0) is 20.5. The van der Waals surface area contributed by atoms with E-state index in [0.29, 0.717) is 30.2 Å². The summed E-state index contributed by atoms with van der Waals surface area (Å²) in [7, 11) is 0. The molecule has 0 aliphatic heterocycles. The third-order valence-corrected chi connectivity index (χ3v) is 4.49. The molecular weight excluding hydrogens is 386 g/mol. The molecule has 0 saturated carbocycles. The molecule has 150 valence electrons. The van der Waals surface area contributed by atoms with E-state index in [1.807, 2.05) is 60.7 Å². The van der Waals surface area contributed by atoms with Crippen molar-refractivity contribution in [3.63, 3.8) is 0 Å². The smallest absolute Gasteiger partial charge is 0.164 e. The number of carbonyl (C=O) groups is 1. The first kappa shape index (κ1) is 20.7. The molecule has 0 aliphatic rings. The minimum absolute atomic E-state index is 0.0993. The summed E-state index contributed by atoms with van der Waals surface area (Å²) in [6, 6.07) is 22.2. The SMILES string of the molecule is CCCOc1ccc(C(=O)CCNc2ccc(Oc3ccc(Cl)cc3)cc2)cc1. The fraction of sp³-hybridized carbons (Fsp3) is 0.208. The molecule has 3 aromatic carbocycles. The second kappa shape index (κ2) is 10.5. The molecule has 3 aromatic rings. The lowest BCUT2D eigenvalue weighted by Crippen LogP contribution is -2.09. The van der Waals surface area contributed by atoms with E-state index in [1.165, 1.54) is 0 Å². The number of halogens is 1. The lowest BCUT2D eigenvalue weighted by atomic mass is 10.1. The summed E-state index contributed by atoms with van der Waals surface area (Å²) >= 11 is 5.88. The van der Waals surface area contributed by atoms with Gasteiger partial charge in [0, 0.05) is 29.2 Å². The third kappa shape index (κ3) is 6.54. The number of hydrogen-bond acceptors (Lipinski definition) is 4. The second-order valence-electron chi connectivity index (χ2n) is 6.55. The Morgan fingerprint density at radius 1 is 0.862 bits per heavy atom. The van der Waals surface area contributed by atoms with Crippen molar-refractivity contribution in [1.29, 1.82) is 0 Å². The van der Waals surface area contributed by atoms with Gasteiger partial charge in [0.2, 0.25) is 0 Å². The topological polar surface area (TPSA) is 47.6 Å². The summed E-state index contributed by atoms with van der Waals surface area (Å²) in [4.78, 5) is 12.3. The van der Waals surface area contributed by atoms with E-state index in [4.69, 9.17) is 21.1 Å². The van der Waals surface area contributed by atoms with E-state index in [2.05, 4.69) is 12.2 Å². The Morgan fingerprint density at radius 2 is 1.45 bits per heavy atom. The van der Waals surface area contributed by atoms with Crippen LogP contribution in [-0.2, 0) is 0 Å². The summed E-state index contributed by atoms with van der Waals surface area (Å²) in [5.41, 5.74) is 1.63. The van der Waals surface area contributed by atoms with Crippen molar-refractivity contribution in [3.05, 3.63) is 83.4 Å². The molecule has 3 rings (SSSR count). The van der Waals surface area contributed by atoms with Crippen molar-refractivity contribution >= 4 is 23.1 Å². The number of hydrogen-bond donors (Lipinski definition) is 1. The van der Waals surface area contributed by atoms with Gasteiger partial charge in [-0.1, -0.05) is 18.5 Å². The summed E-state index contributed by atoms with van der Waals surface area (Å²) in [6.07, 6.45) is 1.37. The largest absolute Gasteiger partial charge is 0.494 e. The van der Waals surface area contributed by atoms with Crippen molar-refractivity contribution in [3.8, 4) is 17.2 Å². The quantitative estimate of drug-likeness (QED) is 0.383. The number of ether oxygens (including phenoxy) is 2. The van der Waals surface area contributed by atoms with Crippen LogP contribution in [0.5, 0.6) is 17.2 Å². The van der Waals surface area contributed by atoms with Gasteiger partial charge in [-0.2, -0.15) is 0 Å². The number of ketones is 1. The molecule has 5 heteroatoms. The molecule has 4 nitrogen and oxygen atoms in total. The van der Waals surface area contributed by atoms with Crippen LogP contribution >= 0.6 is 11.6 Å². The average molecular weight is 410 g/mol. The van der Waals surface area contributed by atoms with Crippen LogP contribution in [0.15, 0.2) is 72.8 Å². The Balaban J connectivity index is 1.45. The van der Waals surface area contributed by atoms with E-state index < -0.39 is 0 Å². The first-order chi connectivity index (χ1) is 14.1. The van der Waals surface area contributed by atoms with Crippen molar-refractivity contribution in [2.24, 2.45) is 0 Å². The fourth-order valence-electron chi connectivity index (χ4n) is 2.70. The number of nitrogens with one attached hydrogen (secondary N) is 1. The highest BCUT2D eigenvalue weighted by molar-refractivity contribution is 6.30. The van der Waals surface area contributed by atoms with Gasteiger partial charge in [0.15, 0.2) is 5.78 Å². The normalized spacial score (nSPS) is 10.4. The molecule has 0 aliphatic carbocycles. The summed E-state index contributed by atoms with van der Waals surface area (Å²) < 4.78 is 11.3. The van der Waals surface area contributed by atoms with Gasteiger partial charge in [-0.3, -0.25) is 4.79 Å². The maximum atomic E-state index is 12.3. The standard InChI is InChI=1S/C24H24ClNO3/c1-2-17-28-21-9-3-18(4-10-21)24(27)15-16-26-20-7-13-23(14-8-20)29-22-11-5-19(25)6-12-22/h3-14,26H,2,15-17H2,1H3. The van der Waals surface area contributed by atoms with Crippen LogP contribution < -0.4 is 14.8 Å². The average Bonchev–Trinajstić information content (AvgIpc) is 2.75. The maximum absolute atomic E-state index is 12.3. The first-order valence-corrected chi connectivity index (χ1v) is 10.1. The molecule has 0 fully saturated rings. The van der Waals surface area contributed by atoms with E-state index >= 15 is 0 Å². The van der Waals surface area contributed by atoms with Gasteiger partial charge >= 0.3 is 0 Å². The molecule has 0 amide bonds. The molecule has 0 radical (unpaired) electrons. The van der Waals surface area contributed by atoms with E-state index in [0.717, 1.165) is 29.4 Å². The zero-order valence-corrected chi connectivity index (χ0v) is 17.1. The van der Waals surface area contributed by atoms with Crippen molar-refractivity contribution < 1.29 is 14.3 Å². The Kier molecular flexibility index (Phi) is 7.54. The molecule has 0 unspecified atom stereocenters. The van der Waals surface area contributed by atoms with E-state index in [9.17, 15) is 4.79 Å². The van der Waals surface area contributed by atoms with Gasteiger partial charge < -0.3 is 14.8 Å². The fourth-order valence-corrected chi connectivity index (χ4v) is 2.83. The van der Waals surface area contributed by atoms with Crippen LogP contribution in [0.1, 0.15) is 30.1 Å². The monoisotopic (exact) mass is 409 g/mol. The molecule has 0 atom stereocenters. The predicted octanol–water partition coefficient (Wildman–Crippen LogP) is 6.61. The molecule has 1 N–H and O–H groups in total. The predicted molar refractivity (Wildman–Crippen MR) is 118 cm³/mol. The van der Waals surface area contributed by atoms with E-state index in [1.54, 1.807) is 12.1 Å². The number of Topliss-reactive ketones (excluding diaryl/α,β-unsaturated/α-hetero) is 1. The maximum Gasteiger partial charge on any atom is 0.164 e. The lowest BCUT2D eigenvalue weighted by molar-refractivity contribution is 0.0986. The molecule has 0 heterocycles. The molecular formula is C24H24ClNO3. The highest BCUT2D eigenvalue weighted by atomic mass is 35.5. The third-order valence-electron chi connectivity index (χ3n) is 4.23. The van der Waals surface area contributed by atoms with Crippen LogP contribution in [0.25, 0.3) is 0 Å². The van der Waals surface area contributed by atoms with Crippen molar-refractivity contribution in [1.82, 2.24) is 0 Å². The molecule has 0 spiro atoms. The highest BCUT2D eigenvalue weighted by Crippen LogP contribution is 2.24. The second-order valence-corrected chi connectivity index (χ2v) is 6.99. The van der Waals surface area contributed by atoms with E-state index in [-0.39, 0.29) is 5.78 Å². The van der Waals surface area contributed by atoms with Crippen LogP contribution in [0.3, 0.4) is 0 Å². The molecule has 29 heavy (non-hydrogen) atoms. The zero-order valence-electron chi connectivity index (χ0n) is 16.4. The van der Waals surface area contributed by atoms with Crippen LogP contribution in [0.2, 0.25) is 5.02 Å². The number of anilines is 1. The Hall–Kier alpha value is -2.98. The molecule has 0 bridgehead atoms. The summed E-state index contributed by atoms with van der Waals surface area (Å²) in [5, 5.41) is 3.94. The van der Waals surface area contributed by atoms with Crippen LogP contribution in [0, 0.1) is 0 Å². The van der Waals surface area contributed by atoms with Gasteiger partial charge in [0.1, 0.15) is 17.2 Å². The number of carbonyl (C=O) groups excluding carboxylic acids is 1. The minimum Gasteiger partial charge on any atom is -0.494 e. The van der Waals surface area contributed by atoms with Gasteiger partial charge in [-0.05, 0) is 79.2 Å².